The Hall–Kier alpha value is -5.70. The molecule has 0 aliphatic heterocycles. The van der Waals surface area contributed by atoms with Gasteiger partial charge in [-0.2, -0.15) is 0 Å². The molecule has 3 rings (SSSR count). The molecule has 0 radical (unpaired) electrons. The Morgan fingerprint density at radius 3 is 0.800 bits per heavy atom. The van der Waals surface area contributed by atoms with Gasteiger partial charge in [-0.05, 0) is 136 Å². The van der Waals surface area contributed by atoms with Crippen LogP contribution in [0.25, 0.3) is 0 Å². The topological polar surface area (TPSA) is 181 Å². The molecular formula is C45H60O15. The molecule has 0 aliphatic carbocycles. The molecule has 0 saturated heterocycles. The van der Waals surface area contributed by atoms with Gasteiger partial charge in [0.1, 0.15) is 70.1 Å². The lowest BCUT2D eigenvalue weighted by Gasteiger charge is -2.20. The van der Waals surface area contributed by atoms with Crippen molar-refractivity contribution in [3.05, 3.63) is 71.3 Å². The number of ether oxygens (including phenoxy) is 10. The van der Waals surface area contributed by atoms with Crippen LogP contribution in [0.3, 0.4) is 0 Å². The van der Waals surface area contributed by atoms with Gasteiger partial charge in [-0.15, -0.1) is 0 Å². The van der Waals surface area contributed by atoms with Crippen LogP contribution in [0, 0.1) is 0 Å². The second-order valence-electron chi connectivity index (χ2n) is 17.7. The van der Waals surface area contributed by atoms with E-state index in [0.717, 1.165) is 0 Å². The van der Waals surface area contributed by atoms with Crippen molar-refractivity contribution in [2.75, 3.05) is 26.4 Å². The average molecular weight is 841 g/mol. The van der Waals surface area contributed by atoms with Crippen LogP contribution >= 0.6 is 0 Å². The van der Waals surface area contributed by atoms with Crippen LogP contribution in [0.15, 0.2) is 54.6 Å². The van der Waals surface area contributed by atoms with E-state index < -0.39 is 46.3 Å². The lowest BCUT2D eigenvalue weighted by atomic mass is 10.2. The molecule has 0 spiro atoms. The smallest absolute Gasteiger partial charge is 0.344 e. The van der Waals surface area contributed by atoms with Gasteiger partial charge in [-0.1, -0.05) is 0 Å². The minimum atomic E-state index is -0.703. The predicted octanol–water partition coefficient (Wildman–Crippen LogP) is 7.22. The van der Waals surface area contributed by atoms with Crippen LogP contribution in [-0.4, -0.2) is 77.8 Å². The van der Waals surface area contributed by atoms with Gasteiger partial charge >= 0.3 is 23.9 Å². The Kier molecular flexibility index (Phi) is 17.0. The van der Waals surface area contributed by atoms with Crippen molar-refractivity contribution in [1.29, 1.82) is 0 Å². The van der Waals surface area contributed by atoms with Crippen LogP contribution in [0.4, 0.5) is 0 Å². The zero-order chi connectivity index (χ0) is 44.9. The van der Waals surface area contributed by atoms with Gasteiger partial charge in [0.15, 0.2) is 26.4 Å². The number of rotatable bonds is 19. The Morgan fingerprint density at radius 1 is 0.367 bits per heavy atom. The van der Waals surface area contributed by atoms with E-state index in [9.17, 15) is 24.3 Å². The normalized spacial score (nSPS) is 11.8. The highest BCUT2D eigenvalue weighted by Crippen LogP contribution is 2.29. The second-order valence-corrected chi connectivity index (χ2v) is 17.7. The van der Waals surface area contributed by atoms with Crippen LogP contribution in [0.2, 0.25) is 0 Å². The summed E-state index contributed by atoms with van der Waals surface area (Å²) in [6.45, 7) is 19.1. The van der Waals surface area contributed by atoms with Crippen molar-refractivity contribution >= 4 is 23.9 Å². The quantitative estimate of drug-likeness (QED) is 0.0943. The van der Waals surface area contributed by atoms with Crippen LogP contribution in [0.1, 0.15) is 99.8 Å². The van der Waals surface area contributed by atoms with E-state index in [-0.39, 0.29) is 69.2 Å². The minimum absolute atomic E-state index is 0.0177. The number of esters is 4. The summed E-state index contributed by atoms with van der Waals surface area (Å²) in [6.07, 6.45) is 0. The first-order chi connectivity index (χ1) is 27.7. The maximum Gasteiger partial charge on any atom is 0.344 e. The zero-order valence-electron chi connectivity index (χ0n) is 36.8. The molecule has 0 fully saturated rings. The molecule has 330 valence electrons. The fourth-order valence-corrected chi connectivity index (χ4v) is 5.04. The molecule has 60 heavy (non-hydrogen) atoms. The molecule has 15 nitrogen and oxygen atoms in total. The lowest BCUT2D eigenvalue weighted by Crippen LogP contribution is -2.27. The largest absolute Gasteiger partial charge is 0.489 e. The monoisotopic (exact) mass is 840 g/mol. The van der Waals surface area contributed by atoms with Crippen molar-refractivity contribution in [3.63, 3.8) is 0 Å². The third-order valence-corrected chi connectivity index (χ3v) is 6.92. The van der Waals surface area contributed by atoms with Crippen LogP contribution in [0.5, 0.6) is 34.5 Å². The predicted molar refractivity (Wildman–Crippen MR) is 219 cm³/mol. The highest BCUT2D eigenvalue weighted by Gasteiger charge is 2.21. The number of hydrogen-bond acceptors (Lipinski definition) is 15. The summed E-state index contributed by atoms with van der Waals surface area (Å²) in [5.74, 6) is -0.523. The average Bonchev–Trinajstić information content (AvgIpc) is 3.10. The summed E-state index contributed by atoms with van der Waals surface area (Å²) in [5.41, 5.74) is -1.19. The van der Waals surface area contributed by atoms with Crippen molar-refractivity contribution in [2.45, 2.75) is 125 Å². The highest BCUT2D eigenvalue weighted by atomic mass is 16.6. The summed E-state index contributed by atoms with van der Waals surface area (Å²) in [7, 11) is 0. The molecule has 0 unspecified atom stereocenters. The maximum absolute atomic E-state index is 12.4. The fraction of sp³-hybridized carbons (Fsp3) is 0.511. The van der Waals surface area contributed by atoms with Gasteiger partial charge in [-0.3, -0.25) is 0 Å². The van der Waals surface area contributed by atoms with Gasteiger partial charge in [0.05, 0.1) is 6.61 Å². The molecule has 0 aliphatic rings. The van der Waals surface area contributed by atoms with Gasteiger partial charge in [0.2, 0.25) is 0 Å². The molecule has 0 amide bonds. The molecule has 3 aromatic carbocycles. The number of hydrogen-bond donors (Lipinski definition) is 1. The van der Waals surface area contributed by atoms with Gasteiger partial charge in [0.25, 0.3) is 0 Å². The Bertz CT molecular complexity index is 1690. The summed E-state index contributed by atoms with van der Waals surface area (Å²) in [4.78, 5) is 49.5. The summed E-state index contributed by atoms with van der Waals surface area (Å²) in [5, 5.41) is 10.1. The molecule has 0 aromatic heterocycles. The van der Waals surface area contributed by atoms with Crippen LogP contribution < -0.4 is 28.4 Å². The second kappa shape index (κ2) is 21.0. The zero-order valence-corrected chi connectivity index (χ0v) is 36.8. The third kappa shape index (κ3) is 20.3. The van der Waals surface area contributed by atoms with Crippen molar-refractivity contribution < 1.29 is 71.7 Å². The molecule has 3 aromatic rings. The lowest BCUT2D eigenvalue weighted by molar-refractivity contribution is -0.158. The first-order valence-electron chi connectivity index (χ1n) is 19.4. The van der Waals surface area contributed by atoms with Crippen molar-refractivity contribution in [2.24, 2.45) is 0 Å². The van der Waals surface area contributed by atoms with Crippen molar-refractivity contribution in [3.8, 4) is 34.5 Å². The van der Waals surface area contributed by atoms with E-state index in [2.05, 4.69) is 0 Å². The standard InChI is InChI=1S/C45H60O15/c1-42(2,3)57-38(47)25-53-34-15-30(16-35(20-34)54-26-39(48)58-43(4,5)6)23-51-32-13-29(22-46)14-33(19-32)52-24-31-17-36(55-27-40(49)59-44(7,8)9)21-37(18-31)56-28-41(50)60-45(10,11)12/h13-21,46H,22-28H2,1-12H3. The number of aliphatic hydroxyl groups is 1. The SMILES string of the molecule is CC(C)(C)OC(=O)COc1cc(COc2cc(CO)cc(OCc3cc(OCC(=O)OC(C)(C)C)cc(OCC(=O)OC(C)(C)C)c3)c2)cc(OCC(=O)OC(C)(C)C)c1. The molecule has 0 atom stereocenters. The third-order valence-electron chi connectivity index (χ3n) is 6.92. The first kappa shape index (κ1) is 48.7. The van der Waals surface area contributed by atoms with Gasteiger partial charge < -0.3 is 52.5 Å². The molecule has 1 N–H and O–H groups in total. The van der Waals surface area contributed by atoms with Gasteiger partial charge in [0, 0.05) is 18.2 Å². The summed E-state index contributed by atoms with van der Waals surface area (Å²) >= 11 is 0. The molecular weight excluding hydrogens is 780 g/mol. The van der Waals surface area contributed by atoms with E-state index in [1.54, 1.807) is 126 Å². The first-order valence-corrected chi connectivity index (χ1v) is 19.4. The number of benzene rings is 3. The number of carbonyl (C=O) groups excluding carboxylic acids is 4. The minimum Gasteiger partial charge on any atom is -0.489 e. The molecule has 0 bridgehead atoms. The van der Waals surface area contributed by atoms with Gasteiger partial charge in [-0.25, -0.2) is 19.2 Å². The van der Waals surface area contributed by atoms with E-state index >= 15 is 0 Å². The molecule has 15 heteroatoms. The summed E-state index contributed by atoms with van der Waals surface area (Å²) in [6, 6.07) is 14.6. The Morgan fingerprint density at radius 2 is 0.583 bits per heavy atom. The Balaban J connectivity index is 1.81. The molecule has 0 heterocycles. The number of aliphatic hydroxyl groups excluding tert-OH is 1. The van der Waals surface area contributed by atoms with Crippen LogP contribution in [-0.2, 0) is 57.9 Å². The van der Waals surface area contributed by atoms with E-state index in [1.807, 2.05) is 0 Å². The van der Waals surface area contributed by atoms with Crippen molar-refractivity contribution in [1.82, 2.24) is 0 Å². The fourth-order valence-electron chi connectivity index (χ4n) is 5.04. The van der Waals surface area contributed by atoms with E-state index in [4.69, 9.17) is 47.4 Å². The Labute approximate surface area is 352 Å². The molecule has 0 saturated carbocycles. The number of carbonyl (C=O) groups is 4. The summed E-state index contributed by atoms with van der Waals surface area (Å²) < 4.78 is 56.6. The van der Waals surface area contributed by atoms with E-state index in [1.165, 1.54) is 12.1 Å². The maximum atomic E-state index is 12.4. The highest BCUT2D eigenvalue weighted by molar-refractivity contribution is 5.73. The van der Waals surface area contributed by atoms with E-state index in [0.29, 0.717) is 28.2 Å².